The highest BCUT2D eigenvalue weighted by Gasteiger charge is 2.15. The van der Waals surface area contributed by atoms with E-state index in [1.165, 1.54) is 0 Å². The maximum atomic E-state index is 12.3. The lowest BCUT2D eigenvalue weighted by atomic mass is 10.0. The normalized spacial score (nSPS) is 10.2. The first-order valence-corrected chi connectivity index (χ1v) is 6.53. The summed E-state index contributed by atoms with van der Waals surface area (Å²) in [6.07, 6.45) is 0. The lowest BCUT2D eigenvalue weighted by molar-refractivity contribution is 0.0965. The van der Waals surface area contributed by atoms with Crippen molar-refractivity contribution in [1.29, 1.82) is 5.26 Å². The lowest BCUT2D eigenvalue weighted by Crippen LogP contribution is -2.30. The Labute approximate surface area is 122 Å². The Morgan fingerprint density at radius 1 is 1.29 bits per heavy atom. The quantitative estimate of drug-likeness (QED) is 0.805. The minimum Gasteiger partial charge on any atom is -0.292 e. The summed E-state index contributed by atoms with van der Waals surface area (Å²) in [6.45, 7) is 5.06. The van der Waals surface area contributed by atoms with E-state index in [1.807, 2.05) is 25.1 Å². The lowest BCUT2D eigenvalue weighted by Gasteiger charge is -2.09. The number of ketones is 1. The second-order valence-corrected chi connectivity index (χ2v) is 4.90. The average Bonchev–Trinajstić information content (AvgIpc) is 2.45. The molecule has 5 nitrogen and oxygen atoms in total. The fourth-order valence-corrected chi connectivity index (χ4v) is 2.12. The van der Waals surface area contributed by atoms with Gasteiger partial charge in [0.05, 0.1) is 5.69 Å². The summed E-state index contributed by atoms with van der Waals surface area (Å²) in [7, 11) is 0. The number of aryl methyl sites for hydroxylation is 2. The molecule has 1 aromatic carbocycles. The highest BCUT2D eigenvalue weighted by atomic mass is 16.1. The van der Waals surface area contributed by atoms with Crippen LogP contribution in [0.5, 0.6) is 0 Å². The van der Waals surface area contributed by atoms with E-state index in [-0.39, 0.29) is 17.9 Å². The van der Waals surface area contributed by atoms with Crippen LogP contribution in [0, 0.1) is 32.1 Å². The fourth-order valence-electron chi connectivity index (χ4n) is 2.12. The van der Waals surface area contributed by atoms with E-state index >= 15 is 0 Å². The van der Waals surface area contributed by atoms with Gasteiger partial charge < -0.3 is 0 Å². The Bertz CT molecular complexity index is 813. The monoisotopic (exact) mass is 281 g/mol. The number of benzene rings is 1. The Morgan fingerprint density at radius 3 is 2.57 bits per heavy atom. The molecule has 0 unspecified atom stereocenters. The van der Waals surface area contributed by atoms with Gasteiger partial charge in [-0.15, -0.1) is 0 Å². The fraction of sp³-hybridized carbons (Fsp3) is 0.250. The summed E-state index contributed by atoms with van der Waals surface area (Å²) in [4.78, 5) is 24.5. The van der Waals surface area contributed by atoms with Crippen molar-refractivity contribution in [3.63, 3.8) is 0 Å². The summed E-state index contributed by atoms with van der Waals surface area (Å²) in [5.41, 5.74) is 2.05. The number of aromatic nitrogens is 2. The van der Waals surface area contributed by atoms with Crippen molar-refractivity contribution in [2.45, 2.75) is 27.3 Å². The smallest absolute Gasteiger partial charge is 0.285 e. The van der Waals surface area contributed by atoms with Crippen molar-refractivity contribution in [2.24, 2.45) is 0 Å². The average molecular weight is 281 g/mol. The highest BCUT2D eigenvalue weighted by molar-refractivity contribution is 5.97. The van der Waals surface area contributed by atoms with E-state index in [0.717, 1.165) is 10.2 Å². The van der Waals surface area contributed by atoms with Crippen LogP contribution in [0.25, 0.3) is 0 Å². The van der Waals surface area contributed by atoms with E-state index in [0.29, 0.717) is 16.8 Å². The van der Waals surface area contributed by atoms with Crippen molar-refractivity contribution < 1.29 is 4.79 Å². The number of nitriles is 1. The van der Waals surface area contributed by atoms with Gasteiger partial charge in [0.1, 0.15) is 18.2 Å². The third-order valence-electron chi connectivity index (χ3n) is 3.49. The zero-order valence-electron chi connectivity index (χ0n) is 12.2. The van der Waals surface area contributed by atoms with Gasteiger partial charge in [-0.25, -0.2) is 4.68 Å². The first-order chi connectivity index (χ1) is 9.95. The molecule has 0 N–H and O–H groups in total. The Hall–Kier alpha value is -2.74. The van der Waals surface area contributed by atoms with Gasteiger partial charge in [-0.1, -0.05) is 24.3 Å². The molecule has 21 heavy (non-hydrogen) atoms. The molecule has 0 fully saturated rings. The van der Waals surface area contributed by atoms with Crippen LogP contribution in [0.15, 0.2) is 29.1 Å². The van der Waals surface area contributed by atoms with Crippen molar-refractivity contribution in [1.82, 2.24) is 9.78 Å². The van der Waals surface area contributed by atoms with Crippen LogP contribution in [-0.4, -0.2) is 15.6 Å². The molecular weight excluding hydrogens is 266 g/mol. The van der Waals surface area contributed by atoms with E-state index in [2.05, 4.69) is 5.10 Å². The summed E-state index contributed by atoms with van der Waals surface area (Å²) < 4.78 is 1.07. The number of hydrogen-bond donors (Lipinski definition) is 0. The van der Waals surface area contributed by atoms with Crippen LogP contribution in [-0.2, 0) is 6.54 Å². The molecule has 0 saturated heterocycles. The van der Waals surface area contributed by atoms with Crippen LogP contribution >= 0.6 is 0 Å². The number of Topliss-reactive ketones (excluding diaryl/α,β-unsaturated/α-hetero) is 1. The maximum Gasteiger partial charge on any atom is 0.285 e. The standard InChI is InChI=1S/C16H15N3O2/c1-10-6-4-5-7-13(10)15(20)9-19-16(21)14(8-17)11(2)12(3)18-19/h4-7H,9H2,1-3H3. The zero-order valence-corrected chi connectivity index (χ0v) is 12.2. The highest BCUT2D eigenvalue weighted by Crippen LogP contribution is 2.09. The molecule has 0 aliphatic carbocycles. The topological polar surface area (TPSA) is 75.8 Å². The van der Waals surface area contributed by atoms with E-state index < -0.39 is 5.56 Å². The second-order valence-electron chi connectivity index (χ2n) is 4.90. The van der Waals surface area contributed by atoms with E-state index in [4.69, 9.17) is 5.26 Å². The Morgan fingerprint density at radius 2 is 1.95 bits per heavy atom. The molecule has 106 valence electrons. The third kappa shape index (κ3) is 2.75. The van der Waals surface area contributed by atoms with Gasteiger partial charge in [0, 0.05) is 5.56 Å². The molecule has 0 aliphatic rings. The zero-order chi connectivity index (χ0) is 15.6. The SMILES string of the molecule is Cc1ccccc1C(=O)Cn1nc(C)c(C)c(C#N)c1=O. The molecule has 0 amide bonds. The maximum absolute atomic E-state index is 12.3. The summed E-state index contributed by atoms with van der Waals surface area (Å²) in [5, 5.41) is 13.2. The molecule has 1 aromatic heterocycles. The van der Waals surface area contributed by atoms with Crippen molar-refractivity contribution in [3.8, 4) is 6.07 Å². The second kappa shape index (κ2) is 5.71. The van der Waals surface area contributed by atoms with Crippen molar-refractivity contribution >= 4 is 5.78 Å². The van der Waals surface area contributed by atoms with E-state index in [9.17, 15) is 9.59 Å². The van der Waals surface area contributed by atoms with Gasteiger partial charge in [0.2, 0.25) is 0 Å². The van der Waals surface area contributed by atoms with Crippen molar-refractivity contribution in [2.75, 3.05) is 0 Å². The number of carbonyl (C=O) groups is 1. The molecule has 0 saturated carbocycles. The number of nitrogens with zero attached hydrogens (tertiary/aromatic N) is 3. The third-order valence-corrected chi connectivity index (χ3v) is 3.49. The summed E-state index contributed by atoms with van der Waals surface area (Å²) >= 11 is 0. The van der Waals surface area contributed by atoms with Crippen LogP contribution in [0.3, 0.4) is 0 Å². The first kappa shape index (κ1) is 14.7. The van der Waals surface area contributed by atoms with Gasteiger partial charge >= 0.3 is 0 Å². The number of carbonyl (C=O) groups excluding carboxylic acids is 1. The van der Waals surface area contributed by atoms with Crippen LogP contribution in [0.2, 0.25) is 0 Å². The van der Waals surface area contributed by atoms with Gasteiger partial charge in [-0.2, -0.15) is 10.4 Å². The molecule has 0 atom stereocenters. The summed E-state index contributed by atoms with van der Waals surface area (Å²) in [6, 6.07) is 9.06. The molecule has 0 spiro atoms. The predicted molar refractivity (Wildman–Crippen MR) is 78.2 cm³/mol. The molecule has 2 aromatic rings. The van der Waals surface area contributed by atoms with E-state index in [1.54, 1.807) is 26.0 Å². The minimum atomic E-state index is -0.525. The Kier molecular flexibility index (Phi) is 3.99. The molecule has 0 aliphatic heterocycles. The number of hydrogen-bond acceptors (Lipinski definition) is 4. The molecule has 5 heteroatoms. The van der Waals surface area contributed by atoms with Crippen molar-refractivity contribution in [3.05, 3.63) is 62.6 Å². The van der Waals surface area contributed by atoms with Crippen LogP contribution in [0.1, 0.15) is 32.7 Å². The summed E-state index contributed by atoms with van der Waals surface area (Å²) in [5.74, 6) is -0.199. The van der Waals surface area contributed by atoms with Gasteiger partial charge in [0.15, 0.2) is 5.78 Å². The minimum absolute atomic E-state index is 0.0417. The molecular formula is C16H15N3O2. The Balaban J connectivity index is 2.44. The molecule has 0 bridgehead atoms. The van der Waals surface area contributed by atoms with Gasteiger partial charge in [0.25, 0.3) is 5.56 Å². The molecule has 0 radical (unpaired) electrons. The molecule has 1 heterocycles. The largest absolute Gasteiger partial charge is 0.292 e. The number of rotatable bonds is 3. The van der Waals surface area contributed by atoms with Gasteiger partial charge in [-0.3, -0.25) is 9.59 Å². The van der Waals surface area contributed by atoms with Crippen LogP contribution in [0.4, 0.5) is 0 Å². The first-order valence-electron chi connectivity index (χ1n) is 6.53. The predicted octanol–water partition coefficient (Wildman–Crippen LogP) is 1.92. The van der Waals surface area contributed by atoms with Gasteiger partial charge in [-0.05, 0) is 31.9 Å². The molecule has 2 rings (SSSR count). The van der Waals surface area contributed by atoms with Crippen LogP contribution < -0.4 is 5.56 Å².